The number of piperazine rings is 1. The van der Waals surface area contributed by atoms with Crippen molar-refractivity contribution in [3.8, 4) is 6.07 Å². The summed E-state index contributed by atoms with van der Waals surface area (Å²) in [5.41, 5.74) is 1.76. The third kappa shape index (κ3) is 6.72. The van der Waals surface area contributed by atoms with Crippen LogP contribution >= 0.6 is 0 Å². The number of fused-ring (bicyclic) bond motifs is 2. The van der Waals surface area contributed by atoms with E-state index >= 15 is 0 Å². The average molecular weight is 412 g/mol. The van der Waals surface area contributed by atoms with Crippen LogP contribution in [0.4, 0.5) is 5.69 Å². The van der Waals surface area contributed by atoms with Crippen molar-refractivity contribution in [2.75, 3.05) is 44.6 Å². The third-order valence-electron chi connectivity index (χ3n) is 6.38. The van der Waals surface area contributed by atoms with Crippen LogP contribution in [0.5, 0.6) is 0 Å². The molecule has 2 bridgehead atoms. The minimum Gasteiger partial charge on any atom is -0.385 e. The number of amides is 1. The van der Waals surface area contributed by atoms with Crippen molar-refractivity contribution in [1.82, 2.24) is 15.1 Å². The van der Waals surface area contributed by atoms with E-state index in [4.69, 9.17) is 5.26 Å². The molecule has 0 saturated carbocycles. The van der Waals surface area contributed by atoms with Gasteiger partial charge in [-0.2, -0.15) is 5.26 Å². The number of carbonyl (C=O) groups excluding carboxylic acids is 1. The standard InChI is InChI=1S/C24H37N5O/c1-2-3-4-5-13-27-24(30)19-29-22-11-12-23(29)18-28(17-22)15-6-14-26-21-9-7-20(16-25)8-10-21/h7-10,22-23,26H,2-6,11-15,17-19H2,1H3,(H,27,30). The van der Waals surface area contributed by atoms with Gasteiger partial charge in [-0.1, -0.05) is 26.2 Å². The number of hydrogen-bond donors (Lipinski definition) is 2. The zero-order chi connectivity index (χ0) is 21.2. The Morgan fingerprint density at radius 2 is 1.80 bits per heavy atom. The van der Waals surface area contributed by atoms with Gasteiger partial charge in [-0.15, -0.1) is 0 Å². The van der Waals surface area contributed by atoms with Gasteiger partial charge in [0, 0.05) is 44.0 Å². The second kappa shape index (κ2) is 11.9. The van der Waals surface area contributed by atoms with Gasteiger partial charge >= 0.3 is 0 Å². The lowest BCUT2D eigenvalue weighted by Crippen LogP contribution is -2.56. The molecule has 2 unspecified atom stereocenters. The number of nitrogens with one attached hydrogen (secondary N) is 2. The number of rotatable bonds is 12. The Morgan fingerprint density at radius 3 is 2.47 bits per heavy atom. The molecule has 0 spiro atoms. The molecular formula is C24H37N5O. The summed E-state index contributed by atoms with van der Waals surface area (Å²) in [4.78, 5) is 17.4. The number of carbonyl (C=O) groups is 1. The van der Waals surface area contributed by atoms with Crippen molar-refractivity contribution in [2.24, 2.45) is 0 Å². The summed E-state index contributed by atoms with van der Waals surface area (Å²) in [5, 5.41) is 15.4. The Labute approximate surface area is 181 Å². The van der Waals surface area contributed by atoms with E-state index in [-0.39, 0.29) is 5.91 Å². The van der Waals surface area contributed by atoms with E-state index in [1.807, 2.05) is 24.3 Å². The van der Waals surface area contributed by atoms with Crippen molar-refractivity contribution >= 4 is 11.6 Å². The van der Waals surface area contributed by atoms with E-state index < -0.39 is 0 Å². The quantitative estimate of drug-likeness (QED) is 0.517. The van der Waals surface area contributed by atoms with Crippen LogP contribution in [0.1, 0.15) is 57.4 Å². The van der Waals surface area contributed by atoms with Gasteiger partial charge in [-0.25, -0.2) is 0 Å². The molecule has 1 amide bonds. The number of hydrogen-bond acceptors (Lipinski definition) is 5. The monoisotopic (exact) mass is 411 g/mol. The lowest BCUT2D eigenvalue weighted by atomic mass is 10.1. The predicted molar refractivity (Wildman–Crippen MR) is 121 cm³/mol. The molecular weight excluding hydrogens is 374 g/mol. The first kappa shape index (κ1) is 22.6. The van der Waals surface area contributed by atoms with Crippen LogP contribution in [0.25, 0.3) is 0 Å². The summed E-state index contributed by atoms with van der Waals surface area (Å²) in [7, 11) is 0. The number of unbranched alkanes of at least 4 members (excludes halogenated alkanes) is 3. The van der Waals surface area contributed by atoms with Gasteiger partial charge in [0.25, 0.3) is 0 Å². The fourth-order valence-electron chi connectivity index (χ4n) is 4.72. The number of nitrogens with zero attached hydrogens (tertiary/aromatic N) is 3. The highest BCUT2D eigenvalue weighted by Crippen LogP contribution is 2.29. The van der Waals surface area contributed by atoms with Gasteiger partial charge in [0.1, 0.15) is 0 Å². The maximum Gasteiger partial charge on any atom is 0.234 e. The summed E-state index contributed by atoms with van der Waals surface area (Å²) in [6, 6.07) is 10.8. The molecule has 0 aliphatic carbocycles. The maximum atomic E-state index is 12.3. The van der Waals surface area contributed by atoms with Crippen molar-refractivity contribution in [2.45, 2.75) is 64.0 Å². The first-order valence-corrected chi connectivity index (χ1v) is 11.7. The molecule has 6 heteroatoms. The van der Waals surface area contributed by atoms with E-state index in [1.54, 1.807) is 0 Å². The Kier molecular flexibility index (Phi) is 8.98. The van der Waals surface area contributed by atoms with Crippen LogP contribution in [-0.2, 0) is 4.79 Å². The molecule has 6 nitrogen and oxygen atoms in total. The Bertz CT molecular complexity index is 685. The summed E-state index contributed by atoms with van der Waals surface area (Å²) >= 11 is 0. The molecule has 2 aliphatic rings. The molecule has 2 N–H and O–H groups in total. The molecule has 2 fully saturated rings. The summed E-state index contributed by atoms with van der Waals surface area (Å²) in [6.45, 7) is 7.78. The molecule has 2 aliphatic heterocycles. The van der Waals surface area contributed by atoms with Crippen LogP contribution in [0.2, 0.25) is 0 Å². The third-order valence-corrected chi connectivity index (χ3v) is 6.38. The first-order chi connectivity index (χ1) is 14.7. The number of nitriles is 1. The molecule has 1 aromatic rings. The molecule has 0 radical (unpaired) electrons. The van der Waals surface area contributed by atoms with E-state index in [0.29, 0.717) is 24.2 Å². The van der Waals surface area contributed by atoms with E-state index in [1.165, 1.54) is 32.1 Å². The molecule has 2 atom stereocenters. The van der Waals surface area contributed by atoms with Crippen molar-refractivity contribution in [1.29, 1.82) is 5.26 Å². The molecule has 1 aromatic carbocycles. The smallest absolute Gasteiger partial charge is 0.234 e. The normalized spacial score (nSPS) is 21.3. The van der Waals surface area contributed by atoms with Crippen LogP contribution in [0, 0.1) is 11.3 Å². The molecule has 30 heavy (non-hydrogen) atoms. The zero-order valence-corrected chi connectivity index (χ0v) is 18.4. The molecule has 0 aromatic heterocycles. The second-order valence-corrected chi connectivity index (χ2v) is 8.70. The van der Waals surface area contributed by atoms with Crippen molar-refractivity contribution < 1.29 is 4.79 Å². The minimum atomic E-state index is 0.198. The first-order valence-electron chi connectivity index (χ1n) is 11.7. The maximum absolute atomic E-state index is 12.3. The van der Waals surface area contributed by atoms with E-state index in [2.05, 4.69) is 33.4 Å². The van der Waals surface area contributed by atoms with Gasteiger partial charge in [0.2, 0.25) is 5.91 Å². The van der Waals surface area contributed by atoms with Crippen LogP contribution < -0.4 is 10.6 Å². The number of likely N-dealkylation sites (tertiary alicyclic amines) is 1. The van der Waals surface area contributed by atoms with E-state index in [0.717, 1.165) is 51.3 Å². The van der Waals surface area contributed by atoms with Crippen LogP contribution in [0.3, 0.4) is 0 Å². The lowest BCUT2D eigenvalue weighted by molar-refractivity contribution is -0.123. The van der Waals surface area contributed by atoms with Gasteiger partial charge in [-0.3, -0.25) is 9.69 Å². The Hall–Kier alpha value is -2.10. The summed E-state index contributed by atoms with van der Waals surface area (Å²) in [6.07, 6.45) is 8.32. The fourth-order valence-corrected chi connectivity index (χ4v) is 4.72. The molecule has 2 saturated heterocycles. The highest BCUT2D eigenvalue weighted by Gasteiger charge is 2.40. The second-order valence-electron chi connectivity index (χ2n) is 8.70. The van der Waals surface area contributed by atoms with Gasteiger partial charge < -0.3 is 15.5 Å². The SMILES string of the molecule is CCCCCCNC(=O)CN1C2CCC1CN(CCCNc1ccc(C#N)cc1)C2. The fraction of sp³-hybridized carbons (Fsp3) is 0.667. The van der Waals surface area contributed by atoms with Gasteiger partial charge in [-0.05, 0) is 56.5 Å². The minimum absolute atomic E-state index is 0.198. The highest BCUT2D eigenvalue weighted by atomic mass is 16.2. The largest absolute Gasteiger partial charge is 0.385 e. The van der Waals surface area contributed by atoms with Gasteiger partial charge in [0.15, 0.2) is 0 Å². The number of anilines is 1. The topological polar surface area (TPSA) is 71.4 Å². The van der Waals surface area contributed by atoms with Gasteiger partial charge in [0.05, 0.1) is 18.2 Å². The lowest BCUT2D eigenvalue weighted by Gasteiger charge is -2.40. The molecule has 3 rings (SSSR count). The van der Waals surface area contributed by atoms with E-state index in [9.17, 15) is 4.79 Å². The highest BCUT2D eigenvalue weighted by molar-refractivity contribution is 5.78. The van der Waals surface area contributed by atoms with Crippen LogP contribution in [0.15, 0.2) is 24.3 Å². The summed E-state index contributed by atoms with van der Waals surface area (Å²) in [5.74, 6) is 0.198. The predicted octanol–water partition coefficient (Wildman–Crippen LogP) is 3.21. The average Bonchev–Trinajstić information content (AvgIpc) is 2.98. The van der Waals surface area contributed by atoms with Crippen LogP contribution in [-0.4, -0.2) is 67.1 Å². The Balaban J connectivity index is 1.32. The van der Waals surface area contributed by atoms with Crippen molar-refractivity contribution in [3.63, 3.8) is 0 Å². The molecule has 2 heterocycles. The Morgan fingerprint density at radius 1 is 1.07 bits per heavy atom. The molecule has 164 valence electrons. The van der Waals surface area contributed by atoms with Crippen molar-refractivity contribution in [3.05, 3.63) is 29.8 Å². The number of benzene rings is 1. The summed E-state index contributed by atoms with van der Waals surface area (Å²) < 4.78 is 0. The zero-order valence-electron chi connectivity index (χ0n) is 18.4.